The number of hydrogen-bond acceptors (Lipinski definition) is 8. The molecule has 0 bridgehead atoms. The van der Waals surface area contributed by atoms with Gasteiger partial charge in [-0.1, -0.05) is 41.9 Å². The molecule has 4 aromatic rings. The van der Waals surface area contributed by atoms with E-state index in [1.54, 1.807) is 60.7 Å². The predicted octanol–water partition coefficient (Wildman–Crippen LogP) is 5.64. The van der Waals surface area contributed by atoms with E-state index in [1.165, 1.54) is 7.11 Å². The Kier molecular flexibility index (Phi) is 6.43. The second-order valence-electron chi connectivity index (χ2n) is 6.40. The highest BCUT2D eigenvalue weighted by Gasteiger charge is 2.13. The number of hydrogen-bond donors (Lipinski definition) is 1. The maximum atomic E-state index is 11.8. The lowest BCUT2D eigenvalue weighted by atomic mass is 10.2. The maximum absolute atomic E-state index is 11.8. The summed E-state index contributed by atoms with van der Waals surface area (Å²) in [6, 6.07) is 22.7. The lowest BCUT2D eigenvalue weighted by Crippen LogP contribution is -2.05. The Labute approximate surface area is 188 Å². The van der Waals surface area contributed by atoms with Crippen LogP contribution < -0.4 is 14.8 Å². The van der Waals surface area contributed by atoms with E-state index >= 15 is 0 Å². The van der Waals surface area contributed by atoms with E-state index in [0.29, 0.717) is 27.8 Å². The highest BCUT2D eigenvalue weighted by molar-refractivity contribution is 6.30. The molecule has 1 aromatic heterocycles. The summed E-state index contributed by atoms with van der Waals surface area (Å²) in [6.07, 6.45) is 0. The van der Waals surface area contributed by atoms with Crippen LogP contribution in [0, 0.1) is 0 Å². The molecule has 0 unspecified atom stereocenters. The van der Waals surface area contributed by atoms with Gasteiger partial charge in [-0.05, 0) is 48.5 Å². The van der Waals surface area contributed by atoms with Crippen molar-refractivity contribution in [1.82, 2.24) is 15.0 Å². The number of halogens is 1. The van der Waals surface area contributed by atoms with E-state index in [9.17, 15) is 4.79 Å². The van der Waals surface area contributed by atoms with Crippen molar-refractivity contribution < 1.29 is 19.0 Å². The van der Waals surface area contributed by atoms with E-state index in [0.717, 1.165) is 0 Å². The quantitative estimate of drug-likeness (QED) is 0.363. The predicted molar refractivity (Wildman–Crippen MR) is 119 cm³/mol. The van der Waals surface area contributed by atoms with Gasteiger partial charge in [-0.2, -0.15) is 9.97 Å². The third-order valence-corrected chi connectivity index (χ3v) is 4.33. The molecule has 0 aliphatic carbocycles. The summed E-state index contributed by atoms with van der Waals surface area (Å²) in [5.41, 5.74) is 0.946. The first-order valence-corrected chi connectivity index (χ1v) is 9.84. The summed E-state index contributed by atoms with van der Waals surface area (Å²) in [6.45, 7) is 0. The van der Waals surface area contributed by atoms with Gasteiger partial charge in [0.15, 0.2) is 0 Å². The standard InChI is InChI=1S/C23H17ClN4O4/c1-30-20(29)15-7-5-9-17(13-15)25-21-26-22(31-18-10-3-2-4-11-18)28-23(27-21)32-19-12-6-8-16(24)14-19/h2-14H,1H3,(H,25,26,27,28). The molecule has 8 nitrogen and oxygen atoms in total. The van der Waals surface area contributed by atoms with E-state index in [2.05, 4.69) is 20.3 Å². The molecule has 1 heterocycles. The largest absolute Gasteiger partial charge is 0.465 e. The average Bonchev–Trinajstić information content (AvgIpc) is 2.79. The summed E-state index contributed by atoms with van der Waals surface area (Å²) < 4.78 is 16.3. The number of carbonyl (C=O) groups is 1. The first kappa shape index (κ1) is 21.1. The van der Waals surface area contributed by atoms with Gasteiger partial charge in [-0.3, -0.25) is 0 Å². The van der Waals surface area contributed by atoms with E-state index in [1.807, 2.05) is 18.2 Å². The van der Waals surface area contributed by atoms with Crippen LogP contribution in [0.1, 0.15) is 10.4 Å². The fourth-order valence-corrected chi connectivity index (χ4v) is 2.87. The van der Waals surface area contributed by atoms with Gasteiger partial charge >= 0.3 is 18.0 Å². The first-order valence-electron chi connectivity index (χ1n) is 9.47. The summed E-state index contributed by atoms with van der Waals surface area (Å²) >= 11 is 6.03. The second kappa shape index (κ2) is 9.76. The Morgan fingerprint density at radius 1 is 0.812 bits per heavy atom. The van der Waals surface area contributed by atoms with Gasteiger partial charge in [0.2, 0.25) is 5.95 Å². The zero-order valence-electron chi connectivity index (χ0n) is 16.9. The Hall–Kier alpha value is -4.17. The number of methoxy groups -OCH3 is 1. The number of anilines is 2. The monoisotopic (exact) mass is 448 g/mol. The number of para-hydroxylation sites is 1. The van der Waals surface area contributed by atoms with E-state index < -0.39 is 5.97 Å². The molecule has 0 aliphatic rings. The summed E-state index contributed by atoms with van der Waals surface area (Å²) in [5.74, 6) is 0.700. The molecular formula is C23H17ClN4O4. The summed E-state index contributed by atoms with van der Waals surface area (Å²) in [5, 5.41) is 3.54. The van der Waals surface area contributed by atoms with Crippen LogP contribution in [0.2, 0.25) is 5.02 Å². The first-order chi connectivity index (χ1) is 15.6. The van der Waals surface area contributed by atoms with E-state index in [-0.39, 0.29) is 18.0 Å². The van der Waals surface area contributed by atoms with Gasteiger partial charge in [0.05, 0.1) is 12.7 Å². The zero-order valence-corrected chi connectivity index (χ0v) is 17.6. The SMILES string of the molecule is COC(=O)c1cccc(Nc2nc(Oc3ccccc3)nc(Oc3cccc(Cl)c3)n2)c1. The summed E-state index contributed by atoms with van der Waals surface area (Å²) in [7, 11) is 1.32. The molecular weight excluding hydrogens is 432 g/mol. The molecule has 4 rings (SSSR count). The number of carbonyl (C=O) groups excluding carboxylic acids is 1. The molecule has 0 spiro atoms. The lowest BCUT2D eigenvalue weighted by Gasteiger charge is -2.11. The van der Waals surface area contributed by atoms with Crippen molar-refractivity contribution in [3.05, 3.63) is 89.4 Å². The van der Waals surface area contributed by atoms with Crippen molar-refractivity contribution in [2.45, 2.75) is 0 Å². The molecule has 0 atom stereocenters. The molecule has 1 N–H and O–H groups in total. The highest BCUT2D eigenvalue weighted by atomic mass is 35.5. The molecule has 0 aliphatic heterocycles. The number of aromatic nitrogens is 3. The van der Waals surface area contributed by atoms with Gasteiger partial charge < -0.3 is 19.5 Å². The fourth-order valence-electron chi connectivity index (χ4n) is 2.69. The highest BCUT2D eigenvalue weighted by Crippen LogP contribution is 2.26. The smallest absolute Gasteiger partial charge is 0.337 e. The lowest BCUT2D eigenvalue weighted by molar-refractivity contribution is 0.0601. The number of benzene rings is 3. The third kappa shape index (κ3) is 5.50. The topological polar surface area (TPSA) is 95.5 Å². The molecule has 9 heteroatoms. The minimum atomic E-state index is -0.456. The van der Waals surface area contributed by atoms with Crippen molar-refractivity contribution in [2.24, 2.45) is 0 Å². The normalized spacial score (nSPS) is 10.3. The van der Waals surface area contributed by atoms with Gasteiger partial charge in [-0.25, -0.2) is 4.79 Å². The summed E-state index contributed by atoms with van der Waals surface area (Å²) in [4.78, 5) is 24.6. The van der Waals surface area contributed by atoms with Crippen LogP contribution in [0.25, 0.3) is 0 Å². The number of esters is 1. The average molecular weight is 449 g/mol. The van der Waals surface area contributed by atoms with Crippen molar-refractivity contribution in [2.75, 3.05) is 12.4 Å². The number of ether oxygens (including phenoxy) is 3. The molecule has 0 radical (unpaired) electrons. The number of nitrogens with zero attached hydrogens (tertiary/aromatic N) is 3. The van der Waals surface area contributed by atoms with Crippen LogP contribution in [0.5, 0.6) is 23.5 Å². The minimum Gasteiger partial charge on any atom is -0.465 e. The van der Waals surface area contributed by atoms with Crippen LogP contribution in [0.15, 0.2) is 78.9 Å². The van der Waals surface area contributed by atoms with Crippen LogP contribution in [0.3, 0.4) is 0 Å². The van der Waals surface area contributed by atoms with Crippen LogP contribution in [0.4, 0.5) is 11.6 Å². The minimum absolute atomic E-state index is 0.000166. The van der Waals surface area contributed by atoms with E-state index in [4.69, 9.17) is 25.8 Å². The van der Waals surface area contributed by atoms with Gasteiger partial charge in [0, 0.05) is 10.7 Å². The Bertz CT molecular complexity index is 1240. The third-order valence-electron chi connectivity index (χ3n) is 4.09. The Morgan fingerprint density at radius 3 is 2.22 bits per heavy atom. The van der Waals surface area contributed by atoms with Gasteiger partial charge in [0.25, 0.3) is 0 Å². The molecule has 160 valence electrons. The zero-order chi connectivity index (χ0) is 22.3. The van der Waals surface area contributed by atoms with Crippen LogP contribution >= 0.6 is 11.6 Å². The molecule has 3 aromatic carbocycles. The molecule has 32 heavy (non-hydrogen) atoms. The molecule has 0 saturated heterocycles. The van der Waals surface area contributed by atoms with Crippen molar-refractivity contribution >= 4 is 29.2 Å². The number of rotatable bonds is 7. The van der Waals surface area contributed by atoms with Gasteiger partial charge in [0.1, 0.15) is 11.5 Å². The van der Waals surface area contributed by atoms with Crippen LogP contribution in [-0.4, -0.2) is 28.0 Å². The molecule has 0 fully saturated rings. The van der Waals surface area contributed by atoms with Crippen LogP contribution in [-0.2, 0) is 4.74 Å². The van der Waals surface area contributed by atoms with Crippen molar-refractivity contribution in [1.29, 1.82) is 0 Å². The maximum Gasteiger partial charge on any atom is 0.337 e. The Balaban J connectivity index is 1.65. The molecule has 0 saturated carbocycles. The van der Waals surface area contributed by atoms with Crippen molar-refractivity contribution in [3.8, 4) is 23.5 Å². The second-order valence-corrected chi connectivity index (χ2v) is 6.83. The van der Waals surface area contributed by atoms with Gasteiger partial charge in [-0.15, -0.1) is 4.98 Å². The Morgan fingerprint density at radius 2 is 1.50 bits per heavy atom. The fraction of sp³-hybridized carbons (Fsp3) is 0.0435. The molecule has 0 amide bonds. The number of nitrogens with one attached hydrogen (secondary N) is 1. The van der Waals surface area contributed by atoms with Crippen molar-refractivity contribution in [3.63, 3.8) is 0 Å².